The molecule has 4 rings (SSSR count). The van der Waals surface area contributed by atoms with Crippen LogP contribution in [0.2, 0.25) is 23.2 Å². The van der Waals surface area contributed by atoms with Crippen molar-refractivity contribution in [1.29, 1.82) is 0 Å². The number of rotatable bonds is 9. The number of aryl methyl sites for hydroxylation is 1. The summed E-state index contributed by atoms with van der Waals surface area (Å²) in [4.78, 5) is 32.8. The molecule has 0 bridgehead atoms. The van der Waals surface area contributed by atoms with Crippen molar-refractivity contribution in [3.05, 3.63) is 93.3 Å². The lowest BCUT2D eigenvalue weighted by Crippen LogP contribution is -2.68. The van der Waals surface area contributed by atoms with Gasteiger partial charge < -0.3 is 18.4 Å². The molecule has 228 valence electrons. The number of H-pyrrole nitrogens is 1. The van der Waals surface area contributed by atoms with Gasteiger partial charge in [0.25, 0.3) is 13.9 Å². The topological polar surface area (TPSA) is 91.8 Å². The van der Waals surface area contributed by atoms with Crippen LogP contribution >= 0.6 is 0 Å². The number of aromatic amines is 1. The molecule has 10 heteroatoms. The van der Waals surface area contributed by atoms with Gasteiger partial charge in [-0.15, -0.1) is 4.73 Å². The quantitative estimate of drug-likeness (QED) is 0.362. The number of nitrogens with zero attached hydrogens (tertiary/aromatic N) is 1. The molecule has 1 aliphatic rings. The van der Waals surface area contributed by atoms with Gasteiger partial charge in [-0.25, -0.2) is 4.79 Å². The smallest absolute Gasteiger partial charge is 0.361 e. The third-order valence-corrected chi connectivity index (χ3v) is 18.2. The van der Waals surface area contributed by atoms with Crippen LogP contribution in [0.25, 0.3) is 0 Å². The van der Waals surface area contributed by atoms with E-state index in [1.54, 1.807) is 6.92 Å². The fourth-order valence-electron chi connectivity index (χ4n) is 5.19. The molecule has 1 aliphatic heterocycles. The zero-order valence-corrected chi connectivity index (χ0v) is 28.4. The van der Waals surface area contributed by atoms with E-state index >= 15 is 0 Å². The molecule has 0 unspecified atom stereocenters. The van der Waals surface area contributed by atoms with Gasteiger partial charge in [0.2, 0.25) is 6.29 Å². The second-order valence-corrected chi connectivity index (χ2v) is 22.8. The van der Waals surface area contributed by atoms with Crippen LogP contribution in [-0.2, 0) is 13.6 Å². The van der Waals surface area contributed by atoms with Gasteiger partial charge in [0, 0.05) is 12.0 Å². The molecule has 0 amide bonds. The highest BCUT2D eigenvalue weighted by Gasteiger charge is 2.54. The monoisotopic (exact) mass is 610 g/mol. The van der Waals surface area contributed by atoms with E-state index in [2.05, 4.69) is 108 Å². The van der Waals surface area contributed by atoms with Crippen LogP contribution in [0.1, 0.15) is 53.5 Å². The zero-order valence-electron chi connectivity index (χ0n) is 26.4. The second-order valence-electron chi connectivity index (χ2n) is 13.7. The van der Waals surface area contributed by atoms with Crippen LogP contribution in [0.3, 0.4) is 0 Å². The van der Waals surface area contributed by atoms with Gasteiger partial charge in [-0.05, 0) is 40.5 Å². The maximum Gasteiger partial charge on any atom is 0.361 e. The summed E-state index contributed by atoms with van der Waals surface area (Å²) in [6.45, 7) is 19.8. The number of aromatic nitrogens is 2. The fraction of sp³-hybridized carbons (Fsp3) is 0.500. The molecule has 0 radical (unpaired) electrons. The minimum atomic E-state index is -2.91. The first-order valence-corrected chi connectivity index (χ1v) is 19.4. The second kappa shape index (κ2) is 12.1. The Hall–Kier alpha value is -2.77. The van der Waals surface area contributed by atoms with Gasteiger partial charge >= 0.3 is 5.69 Å². The van der Waals surface area contributed by atoms with Crippen LogP contribution in [0.4, 0.5) is 0 Å². The fourth-order valence-corrected chi connectivity index (χ4v) is 10.9. The van der Waals surface area contributed by atoms with Gasteiger partial charge in [0.1, 0.15) is 6.10 Å². The summed E-state index contributed by atoms with van der Waals surface area (Å²) in [6, 6.07) is 21.0. The van der Waals surface area contributed by atoms with Crippen molar-refractivity contribution in [3.63, 3.8) is 0 Å². The van der Waals surface area contributed by atoms with Crippen LogP contribution in [-0.4, -0.2) is 51.5 Å². The van der Waals surface area contributed by atoms with E-state index < -0.39 is 40.3 Å². The first-order chi connectivity index (χ1) is 19.5. The summed E-state index contributed by atoms with van der Waals surface area (Å²) in [5, 5.41) is 2.14. The summed E-state index contributed by atoms with van der Waals surface area (Å²) in [6.07, 6.45) is 0.211. The highest BCUT2D eigenvalue weighted by Crippen LogP contribution is 2.41. The molecule has 2 aromatic carbocycles. The van der Waals surface area contributed by atoms with Gasteiger partial charge in [-0.2, -0.15) is 0 Å². The molecule has 3 aromatic rings. The van der Waals surface area contributed by atoms with E-state index in [1.165, 1.54) is 16.6 Å². The first kappa shape index (κ1) is 32.2. The summed E-state index contributed by atoms with van der Waals surface area (Å²) in [5.41, 5.74) is -0.731. The van der Waals surface area contributed by atoms with Crippen molar-refractivity contribution in [2.45, 2.75) is 96.6 Å². The Labute approximate surface area is 251 Å². The summed E-state index contributed by atoms with van der Waals surface area (Å²) in [7, 11) is -5.02. The van der Waals surface area contributed by atoms with Crippen molar-refractivity contribution in [2.75, 3.05) is 6.61 Å². The van der Waals surface area contributed by atoms with Gasteiger partial charge in [-0.1, -0.05) is 102 Å². The largest absolute Gasteiger partial charge is 0.414 e. The maximum atomic E-state index is 12.5. The molecule has 0 spiro atoms. The minimum Gasteiger partial charge on any atom is -0.414 e. The van der Waals surface area contributed by atoms with Crippen LogP contribution in [0, 0.1) is 6.92 Å². The van der Waals surface area contributed by atoms with Crippen LogP contribution in [0.15, 0.2) is 76.4 Å². The molecule has 1 aromatic heterocycles. The Balaban J connectivity index is 1.75. The summed E-state index contributed by atoms with van der Waals surface area (Å²) >= 11 is 0. The molecule has 2 heterocycles. The SMILES string of the molecule is Cc1cn(O[C@H]2C[C@H](O[Si](c3ccccc3)(c3ccccc3)C(C)(C)C)[C@@H](CO[Si](C)(C)C(C)(C)C)O2)c(=O)[nH]c1=O. The Morgan fingerprint density at radius 2 is 1.45 bits per heavy atom. The number of ether oxygens (including phenoxy) is 1. The van der Waals surface area contributed by atoms with E-state index in [0.717, 1.165) is 4.73 Å². The average molecular weight is 611 g/mol. The van der Waals surface area contributed by atoms with Crippen molar-refractivity contribution in [2.24, 2.45) is 0 Å². The average Bonchev–Trinajstić information content (AvgIpc) is 3.29. The number of nitrogens with one attached hydrogen (secondary N) is 1. The Kier molecular flexibility index (Phi) is 9.25. The Morgan fingerprint density at radius 3 is 1.95 bits per heavy atom. The van der Waals surface area contributed by atoms with E-state index in [4.69, 9.17) is 18.4 Å². The molecule has 0 aliphatic carbocycles. The number of hydrogen-bond donors (Lipinski definition) is 1. The lowest BCUT2D eigenvalue weighted by molar-refractivity contribution is -0.147. The maximum absolute atomic E-state index is 12.5. The Morgan fingerprint density at radius 1 is 0.905 bits per heavy atom. The lowest BCUT2D eigenvalue weighted by Gasteiger charge is -2.45. The third kappa shape index (κ3) is 6.57. The van der Waals surface area contributed by atoms with E-state index in [9.17, 15) is 9.59 Å². The predicted octanol–water partition coefficient (Wildman–Crippen LogP) is 4.36. The minimum absolute atomic E-state index is 0.0244. The van der Waals surface area contributed by atoms with E-state index in [0.29, 0.717) is 18.6 Å². The molecule has 42 heavy (non-hydrogen) atoms. The number of benzene rings is 2. The van der Waals surface area contributed by atoms with Gasteiger partial charge in [-0.3, -0.25) is 9.78 Å². The third-order valence-electron chi connectivity index (χ3n) is 8.65. The summed E-state index contributed by atoms with van der Waals surface area (Å²) in [5.74, 6) is 0. The molecule has 3 atom stereocenters. The van der Waals surface area contributed by atoms with Crippen LogP contribution in [0.5, 0.6) is 0 Å². The Bertz CT molecular complexity index is 1420. The molecular weight excluding hydrogens is 565 g/mol. The normalized spacial score (nSPS) is 20.1. The number of hydrogen-bond acceptors (Lipinski definition) is 6. The van der Waals surface area contributed by atoms with Crippen molar-refractivity contribution < 1.29 is 18.4 Å². The molecular formula is C32H46N2O6Si2. The molecule has 8 nitrogen and oxygen atoms in total. The zero-order chi connectivity index (χ0) is 30.9. The summed E-state index contributed by atoms with van der Waals surface area (Å²) < 4.78 is 21.6. The first-order valence-electron chi connectivity index (χ1n) is 14.6. The van der Waals surface area contributed by atoms with Crippen LogP contribution < -0.4 is 26.5 Å². The molecule has 1 fully saturated rings. The van der Waals surface area contributed by atoms with E-state index in [-0.39, 0.29) is 16.2 Å². The lowest BCUT2D eigenvalue weighted by atomic mass is 10.2. The van der Waals surface area contributed by atoms with Crippen molar-refractivity contribution >= 4 is 27.0 Å². The molecule has 0 saturated carbocycles. The highest BCUT2D eigenvalue weighted by atomic mass is 28.4. The standard InChI is InChI=1S/C32H46N2O6Si2/c1-23-21-34(30(36)33-29(23)35)39-28-20-26(27(38-28)22-37-41(8,9)31(2,3)4)40-42(32(5,6)7,24-16-12-10-13-17-24)25-18-14-11-15-19-25/h10-19,21,26-28H,20,22H2,1-9H3,(H,33,35,36)/t26-,27+,28-/m0/s1. The van der Waals surface area contributed by atoms with E-state index in [1.807, 2.05) is 12.1 Å². The molecule has 1 saturated heterocycles. The van der Waals surface area contributed by atoms with Gasteiger partial charge in [0.15, 0.2) is 8.32 Å². The molecule has 1 N–H and O–H groups in total. The van der Waals surface area contributed by atoms with Gasteiger partial charge in [0.05, 0.1) is 18.9 Å². The predicted molar refractivity (Wildman–Crippen MR) is 172 cm³/mol. The van der Waals surface area contributed by atoms with Crippen molar-refractivity contribution in [3.8, 4) is 0 Å². The highest BCUT2D eigenvalue weighted by molar-refractivity contribution is 6.99. The van der Waals surface area contributed by atoms with Crippen molar-refractivity contribution in [1.82, 2.24) is 9.71 Å².